The summed E-state index contributed by atoms with van der Waals surface area (Å²) >= 11 is 0. The Morgan fingerprint density at radius 2 is 2.25 bits per heavy atom. The van der Waals surface area contributed by atoms with Gasteiger partial charge in [-0.2, -0.15) is 0 Å². The van der Waals surface area contributed by atoms with Crippen LogP contribution in [0.3, 0.4) is 0 Å². The van der Waals surface area contributed by atoms with Gasteiger partial charge >= 0.3 is 0 Å². The molecule has 66 valence electrons. The van der Waals surface area contributed by atoms with Crippen molar-refractivity contribution in [2.45, 2.75) is 5.75 Å². The minimum Gasteiger partial charge on any atom is -0.508 e. The van der Waals surface area contributed by atoms with E-state index in [0.29, 0.717) is 5.56 Å². The van der Waals surface area contributed by atoms with Gasteiger partial charge in [0.15, 0.2) is 0 Å². The molecule has 0 radical (unpaired) electrons. The lowest BCUT2D eigenvalue weighted by atomic mass is 10.2. The molecule has 1 N–H and O–H groups in total. The molecular formula is C8H9FO2S. The highest BCUT2D eigenvalue weighted by molar-refractivity contribution is 7.83. The van der Waals surface area contributed by atoms with Crippen molar-refractivity contribution >= 4 is 10.8 Å². The average Bonchev–Trinajstić information content (AvgIpc) is 1.96. The van der Waals surface area contributed by atoms with Gasteiger partial charge in [-0.1, -0.05) is 0 Å². The minimum absolute atomic E-state index is 0.00778. The molecule has 0 amide bonds. The molecule has 0 aromatic heterocycles. The van der Waals surface area contributed by atoms with Crippen molar-refractivity contribution in [3.8, 4) is 5.75 Å². The van der Waals surface area contributed by atoms with Crippen LogP contribution in [0.5, 0.6) is 5.75 Å². The summed E-state index contributed by atoms with van der Waals surface area (Å²) < 4.78 is 23.3. The Kier molecular flexibility index (Phi) is 2.81. The molecule has 12 heavy (non-hydrogen) atoms. The number of phenols is 1. The zero-order valence-electron chi connectivity index (χ0n) is 6.58. The Hall–Kier alpha value is -0.900. The Bertz CT molecular complexity index is 312. The molecule has 0 aliphatic carbocycles. The van der Waals surface area contributed by atoms with E-state index in [1.54, 1.807) is 0 Å². The highest BCUT2D eigenvalue weighted by Gasteiger charge is 2.03. The third-order valence-electron chi connectivity index (χ3n) is 1.40. The van der Waals surface area contributed by atoms with Gasteiger partial charge in [0, 0.05) is 22.6 Å². The van der Waals surface area contributed by atoms with Crippen LogP contribution in [0.25, 0.3) is 0 Å². The van der Waals surface area contributed by atoms with Crippen molar-refractivity contribution < 1.29 is 13.7 Å². The van der Waals surface area contributed by atoms with E-state index >= 15 is 0 Å². The first-order valence-corrected chi connectivity index (χ1v) is 5.09. The number of aromatic hydroxyl groups is 1. The van der Waals surface area contributed by atoms with Crippen LogP contribution in [0.15, 0.2) is 18.2 Å². The maximum Gasteiger partial charge on any atom is 0.123 e. The van der Waals surface area contributed by atoms with Gasteiger partial charge in [0.2, 0.25) is 0 Å². The average molecular weight is 188 g/mol. The molecule has 0 bridgehead atoms. The number of benzene rings is 1. The summed E-state index contributed by atoms with van der Waals surface area (Å²) in [7, 11) is -1.06. The van der Waals surface area contributed by atoms with Gasteiger partial charge < -0.3 is 5.11 Å². The van der Waals surface area contributed by atoms with Gasteiger partial charge in [0.25, 0.3) is 0 Å². The summed E-state index contributed by atoms with van der Waals surface area (Å²) in [6.45, 7) is 0. The standard InChI is InChI=1S/C8H9FO2S/c1-12(11)5-6-4-7(9)2-3-8(6)10/h2-4,10H,5H2,1H3. The highest BCUT2D eigenvalue weighted by Crippen LogP contribution is 2.18. The maximum atomic E-state index is 12.6. The van der Waals surface area contributed by atoms with Gasteiger partial charge in [-0.25, -0.2) is 4.39 Å². The third kappa shape index (κ3) is 2.30. The van der Waals surface area contributed by atoms with E-state index in [4.69, 9.17) is 0 Å². The molecule has 0 fully saturated rings. The molecule has 0 aliphatic heterocycles. The lowest BCUT2D eigenvalue weighted by molar-refractivity contribution is 0.468. The molecule has 0 aliphatic rings. The molecule has 0 heterocycles. The molecule has 1 aromatic rings. The first-order chi connectivity index (χ1) is 5.59. The normalized spacial score (nSPS) is 12.8. The molecule has 1 atom stereocenters. The SMILES string of the molecule is CS(=O)Cc1cc(F)ccc1O. The van der Waals surface area contributed by atoms with Crippen LogP contribution < -0.4 is 0 Å². The van der Waals surface area contributed by atoms with Crippen LogP contribution in [0.2, 0.25) is 0 Å². The summed E-state index contributed by atoms with van der Waals surface area (Å²) in [5.41, 5.74) is 0.385. The smallest absolute Gasteiger partial charge is 0.123 e. The van der Waals surface area contributed by atoms with Crippen LogP contribution in [0, 0.1) is 5.82 Å². The minimum atomic E-state index is -1.06. The van der Waals surface area contributed by atoms with E-state index < -0.39 is 16.6 Å². The fourth-order valence-electron chi connectivity index (χ4n) is 0.889. The summed E-state index contributed by atoms with van der Waals surface area (Å²) in [5.74, 6) is -0.247. The summed E-state index contributed by atoms with van der Waals surface area (Å²) in [6.07, 6.45) is 1.50. The zero-order chi connectivity index (χ0) is 9.14. The molecule has 2 nitrogen and oxygen atoms in total. The quantitative estimate of drug-likeness (QED) is 0.762. The fraction of sp³-hybridized carbons (Fsp3) is 0.250. The summed E-state index contributed by atoms with van der Waals surface area (Å²) in [6, 6.07) is 3.62. The van der Waals surface area contributed by atoms with Crippen LogP contribution in [-0.2, 0) is 16.6 Å². The number of hydrogen-bond acceptors (Lipinski definition) is 2. The molecule has 0 saturated carbocycles. The van der Waals surface area contributed by atoms with E-state index in [0.717, 1.165) is 6.07 Å². The Morgan fingerprint density at radius 3 is 2.83 bits per heavy atom. The topological polar surface area (TPSA) is 37.3 Å². The van der Waals surface area contributed by atoms with E-state index in [1.807, 2.05) is 0 Å². The van der Waals surface area contributed by atoms with E-state index in [1.165, 1.54) is 18.4 Å². The van der Waals surface area contributed by atoms with Crippen LogP contribution >= 0.6 is 0 Å². The van der Waals surface area contributed by atoms with Gasteiger partial charge in [-0.05, 0) is 18.2 Å². The lowest BCUT2D eigenvalue weighted by Crippen LogP contribution is -1.93. The monoisotopic (exact) mass is 188 g/mol. The summed E-state index contributed by atoms with van der Waals surface area (Å²) in [5, 5.41) is 9.18. The first kappa shape index (κ1) is 9.19. The van der Waals surface area contributed by atoms with Gasteiger partial charge in [0.1, 0.15) is 11.6 Å². The number of hydrogen-bond donors (Lipinski definition) is 1. The number of phenolic OH excluding ortho intramolecular Hbond substituents is 1. The van der Waals surface area contributed by atoms with Crippen molar-refractivity contribution in [3.05, 3.63) is 29.6 Å². The Balaban J connectivity index is 2.97. The Labute approximate surface area is 72.5 Å². The predicted molar refractivity (Wildman–Crippen MR) is 45.8 cm³/mol. The number of rotatable bonds is 2. The van der Waals surface area contributed by atoms with Crippen molar-refractivity contribution in [1.29, 1.82) is 0 Å². The molecule has 1 unspecified atom stereocenters. The van der Waals surface area contributed by atoms with E-state index in [2.05, 4.69) is 0 Å². The van der Waals surface area contributed by atoms with E-state index in [-0.39, 0.29) is 11.5 Å². The Morgan fingerprint density at radius 1 is 1.58 bits per heavy atom. The molecular weight excluding hydrogens is 179 g/mol. The van der Waals surface area contributed by atoms with E-state index in [9.17, 15) is 13.7 Å². The lowest BCUT2D eigenvalue weighted by Gasteiger charge is -2.01. The van der Waals surface area contributed by atoms with Gasteiger partial charge in [-0.3, -0.25) is 4.21 Å². The van der Waals surface area contributed by atoms with Crippen molar-refractivity contribution in [1.82, 2.24) is 0 Å². The fourth-order valence-corrected chi connectivity index (χ4v) is 1.56. The van der Waals surface area contributed by atoms with Crippen molar-refractivity contribution in [3.63, 3.8) is 0 Å². The van der Waals surface area contributed by atoms with Crippen molar-refractivity contribution in [2.75, 3.05) is 6.26 Å². The molecule has 1 rings (SSSR count). The zero-order valence-corrected chi connectivity index (χ0v) is 7.40. The molecule has 0 spiro atoms. The highest BCUT2D eigenvalue weighted by atomic mass is 32.2. The third-order valence-corrected chi connectivity index (χ3v) is 2.12. The molecule has 1 aromatic carbocycles. The number of halogens is 1. The first-order valence-electron chi connectivity index (χ1n) is 3.37. The van der Waals surface area contributed by atoms with Crippen LogP contribution in [-0.4, -0.2) is 15.6 Å². The van der Waals surface area contributed by atoms with Crippen LogP contribution in [0.1, 0.15) is 5.56 Å². The van der Waals surface area contributed by atoms with Gasteiger partial charge in [-0.15, -0.1) is 0 Å². The summed E-state index contributed by atoms with van der Waals surface area (Å²) in [4.78, 5) is 0. The molecule has 4 heteroatoms. The maximum absolute atomic E-state index is 12.6. The molecule has 0 saturated heterocycles. The van der Waals surface area contributed by atoms with Gasteiger partial charge in [0.05, 0.1) is 5.75 Å². The largest absolute Gasteiger partial charge is 0.508 e. The second kappa shape index (κ2) is 3.67. The van der Waals surface area contributed by atoms with Crippen molar-refractivity contribution in [2.24, 2.45) is 0 Å². The predicted octanol–water partition coefficient (Wildman–Crippen LogP) is 1.41. The second-order valence-electron chi connectivity index (χ2n) is 2.49. The second-order valence-corrected chi connectivity index (χ2v) is 3.93. The van der Waals surface area contributed by atoms with Crippen LogP contribution in [0.4, 0.5) is 4.39 Å².